The van der Waals surface area contributed by atoms with Crippen molar-refractivity contribution in [1.29, 1.82) is 0 Å². The topological polar surface area (TPSA) is 84.7 Å². The molecular weight excluding hydrogens is 369 g/mol. The number of piperidine rings is 1. The highest BCUT2D eigenvalue weighted by Gasteiger charge is 2.35. The van der Waals surface area contributed by atoms with Crippen LogP contribution in [0.4, 0.5) is 4.39 Å². The maximum atomic E-state index is 13.0. The Kier molecular flexibility index (Phi) is 4.99. The SMILES string of the molecule is O=S(=O)(Cc1ccco1)C1CCN(S(=O)(=O)c2ccc(F)cc2)CC1. The highest BCUT2D eigenvalue weighted by Crippen LogP contribution is 2.26. The van der Waals surface area contributed by atoms with Crippen molar-refractivity contribution in [3.05, 3.63) is 54.2 Å². The number of sulfonamides is 1. The Morgan fingerprint density at radius 3 is 2.24 bits per heavy atom. The van der Waals surface area contributed by atoms with Gasteiger partial charge in [-0.25, -0.2) is 21.2 Å². The molecule has 3 rings (SSSR count). The Morgan fingerprint density at radius 2 is 1.68 bits per heavy atom. The van der Waals surface area contributed by atoms with Gasteiger partial charge < -0.3 is 4.42 Å². The maximum absolute atomic E-state index is 13.0. The normalized spacial score (nSPS) is 17.6. The van der Waals surface area contributed by atoms with Crippen LogP contribution in [0.3, 0.4) is 0 Å². The molecule has 2 heterocycles. The van der Waals surface area contributed by atoms with E-state index in [2.05, 4.69) is 0 Å². The van der Waals surface area contributed by atoms with Gasteiger partial charge in [-0.2, -0.15) is 4.31 Å². The van der Waals surface area contributed by atoms with Crippen molar-refractivity contribution in [3.8, 4) is 0 Å². The van der Waals surface area contributed by atoms with E-state index < -0.39 is 30.9 Å². The molecule has 1 fully saturated rings. The van der Waals surface area contributed by atoms with Gasteiger partial charge in [-0.15, -0.1) is 0 Å². The van der Waals surface area contributed by atoms with E-state index >= 15 is 0 Å². The van der Waals surface area contributed by atoms with Crippen molar-refractivity contribution in [2.75, 3.05) is 13.1 Å². The van der Waals surface area contributed by atoms with Crippen molar-refractivity contribution in [2.45, 2.75) is 28.7 Å². The van der Waals surface area contributed by atoms with Crippen LogP contribution in [-0.4, -0.2) is 39.5 Å². The van der Waals surface area contributed by atoms with E-state index in [1.807, 2.05) is 0 Å². The van der Waals surface area contributed by atoms with E-state index in [4.69, 9.17) is 4.42 Å². The van der Waals surface area contributed by atoms with Crippen LogP contribution in [0.1, 0.15) is 18.6 Å². The molecular formula is C16H18FNO5S2. The zero-order chi connectivity index (χ0) is 18.1. The first kappa shape index (κ1) is 18.1. The molecule has 0 radical (unpaired) electrons. The molecule has 0 atom stereocenters. The Balaban J connectivity index is 1.68. The van der Waals surface area contributed by atoms with E-state index in [1.54, 1.807) is 12.1 Å². The molecule has 0 spiro atoms. The Labute approximate surface area is 146 Å². The standard InChI is InChI=1S/C16H18FNO5S2/c17-13-3-5-16(6-4-13)25(21,22)18-9-7-15(8-10-18)24(19,20)12-14-2-1-11-23-14/h1-6,11,15H,7-10,12H2. The third-order valence-electron chi connectivity index (χ3n) is 4.28. The predicted molar refractivity (Wildman–Crippen MR) is 89.5 cm³/mol. The molecule has 136 valence electrons. The number of rotatable bonds is 5. The minimum atomic E-state index is -3.74. The molecule has 0 bridgehead atoms. The molecule has 6 nitrogen and oxygen atoms in total. The molecule has 0 unspecified atom stereocenters. The highest BCUT2D eigenvalue weighted by atomic mass is 32.2. The summed E-state index contributed by atoms with van der Waals surface area (Å²) < 4.78 is 69.3. The number of halogens is 1. The summed E-state index contributed by atoms with van der Waals surface area (Å²) in [6.07, 6.45) is 1.87. The number of sulfone groups is 1. The van der Waals surface area contributed by atoms with Crippen LogP contribution in [-0.2, 0) is 25.6 Å². The van der Waals surface area contributed by atoms with E-state index in [9.17, 15) is 21.2 Å². The molecule has 1 aliphatic heterocycles. The number of furan rings is 1. The van der Waals surface area contributed by atoms with E-state index in [0.717, 1.165) is 12.1 Å². The third-order valence-corrected chi connectivity index (χ3v) is 8.37. The summed E-state index contributed by atoms with van der Waals surface area (Å²) in [6.45, 7) is 0.226. The van der Waals surface area contributed by atoms with Crippen LogP contribution in [0.2, 0.25) is 0 Å². The average Bonchev–Trinajstić information content (AvgIpc) is 3.07. The second kappa shape index (κ2) is 6.89. The van der Waals surface area contributed by atoms with Crippen LogP contribution >= 0.6 is 0 Å². The number of hydrogen-bond donors (Lipinski definition) is 0. The summed E-state index contributed by atoms with van der Waals surface area (Å²) in [7, 11) is -7.15. The summed E-state index contributed by atoms with van der Waals surface area (Å²) >= 11 is 0. The number of hydrogen-bond acceptors (Lipinski definition) is 5. The lowest BCUT2D eigenvalue weighted by Crippen LogP contribution is -2.42. The molecule has 0 aliphatic carbocycles. The third kappa shape index (κ3) is 3.94. The Bertz CT molecular complexity index is 913. The van der Waals surface area contributed by atoms with E-state index in [-0.39, 0.29) is 36.6 Å². The monoisotopic (exact) mass is 387 g/mol. The maximum Gasteiger partial charge on any atom is 0.243 e. The van der Waals surface area contributed by atoms with Crippen molar-refractivity contribution in [1.82, 2.24) is 4.31 Å². The van der Waals surface area contributed by atoms with E-state index in [0.29, 0.717) is 5.76 Å². The van der Waals surface area contributed by atoms with Gasteiger partial charge in [-0.05, 0) is 49.2 Å². The molecule has 1 aliphatic rings. The van der Waals surface area contributed by atoms with Crippen molar-refractivity contribution in [3.63, 3.8) is 0 Å². The van der Waals surface area contributed by atoms with E-state index in [1.165, 1.54) is 22.7 Å². The quantitative estimate of drug-likeness (QED) is 0.785. The zero-order valence-electron chi connectivity index (χ0n) is 13.3. The van der Waals surface area contributed by atoms with Gasteiger partial charge in [0.1, 0.15) is 17.3 Å². The molecule has 0 saturated carbocycles. The van der Waals surface area contributed by atoms with Crippen LogP contribution in [0.15, 0.2) is 52.0 Å². The number of nitrogens with zero attached hydrogens (tertiary/aromatic N) is 1. The first-order valence-electron chi connectivity index (χ1n) is 7.79. The highest BCUT2D eigenvalue weighted by molar-refractivity contribution is 7.91. The molecule has 0 amide bonds. The molecule has 2 aromatic rings. The molecule has 25 heavy (non-hydrogen) atoms. The first-order valence-corrected chi connectivity index (χ1v) is 10.9. The second-order valence-corrected chi connectivity index (χ2v) is 10.2. The fraction of sp³-hybridized carbons (Fsp3) is 0.375. The number of benzene rings is 1. The minimum absolute atomic E-state index is 0.00536. The van der Waals surface area contributed by atoms with Gasteiger partial charge in [0.25, 0.3) is 0 Å². The van der Waals surface area contributed by atoms with Gasteiger partial charge in [0.05, 0.1) is 16.4 Å². The smallest absolute Gasteiger partial charge is 0.243 e. The Hall–Kier alpha value is -1.71. The molecule has 1 aromatic heterocycles. The zero-order valence-corrected chi connectivity index (χ0v) is 15.0. The van der Waals surface area contributed by atoms with Crippen LogP contribution in [0.5, 0.6) is 0 Å². The van der Waals surface area contributed by atoms with Gasteiger partial charge in [0.15, 0.2) is 9.84 Å². The van der Waals surface area contributed by atoms with Crippen molar-refractivity contribution in [2.24, 2.45) is 0 Å². The van der Waals surface area contributed by atoms with Crippen molar-refractivity contribution >= 4 is 19.9 Å². The minimum Gasteiger partial charge on any atom is -0.468 e. The van der Waals surface area contributed by atoms with Gasteiger partial charge in [-0.3, -0.25) is 0 Å². The lowest BCUT2D eigenvalue weighted by Gasteiger charge is -2.30. The second-order valence-electron chi connectivity index (χ2n) is 5.94. The van der Waals surface area contributed by atoms with Crippen LogP contribution < -0.4 is 0 Å². The summed E-state index contributed by atoms with van der Waals surface area (Å²) in [5.74, 6) is -0.321. The summed E-state index contributed by atoms with van der Waals surface area (Å²) in [5.41, 5.74) is 0. The summed E-state index contributed by atoms with van der Waals surface area (Å²) in [5, 5.41) is -0.600. The fourth-order valence-electron chi connectivity index (χ4n) is 2.90. The van der Waals surface area contributed by atoms with Gasteiger partial charge in [-0.1, -0.05) is 0 Å². The van der Waals surface area contributed by atoms with Crippen LogP contribution in [0.25, 0.3) is 0 Å². The first-order chi connectivity index (χ1) is 11.8. The molecule has 0 N–H and O–H groups in total. The average molecular weight is 387 g/mol. The molecule has 9 heteroatoms. The fourth-order valence-corrected chi connectivity index (χ4v) is 6.09. The summed E-state index contributed by atoms with van der Waals surface area (Å²) in [6, 6.07) is 7.84. The van der Waals surface area contributed by atoms with Gasteiger partial charge in [0.2, 0.25) is 10.0 Å². The lowest BCUT2D eigenvalue weighted by molar-refractivity contribution is 0.345. The molecule has 1 aromatic carbocycles. The molecule has 1 saturated heterocycles. The van der Waals surface area contributed by atoms with Gasteiger partial charge in [0, 0.05) is 13.1 Å². The van der Waals surface area contributed by atoms with Crippen LogP contribution in [0, 0.1) is 5.82 Å². The lowest BCUT2D eigenvalue weighted by atomic mass is 10.2. The van der Waals surface area contributed by atoms with Gasteiger partial charge >= 0.3 is 0 Å². The largest absolute Gasteiger partial charge is 0.468 e. The predicted octanol–water partition coefficient (Wildman–Crippen LogP) is 2.19. The summed E-state index contributed by atoms with van der Waals surface area (Å²) in [4.78, 5) is 0.00536. The Morgan fingerprint density at radius 1 is 1.04 bits per heavy atom. The van der Waals surface area contributed by atoms with Crippen molar-refractivity contribution < 1.29 is 25.6 Å².